The Labute approximate surface area is 111 Å². The van der Waals surface area contributed by atoms with Crippen LogP contribution in [-0.4, -0.2) is 12.2 Å². The van der Waals surface area contributed by atoms with Crippen LogP contribution in [0.2, 0.25) is 0 Å². The second kappa shape index (κ2) is 5.74. The average molecular weight is 260 g/mol. The number of hydrogen-bond donors (Lipinski definition) is 1. The quantitative estimate of drug-likeness (QED) is 0.893. The third kappa shape index (κ3) is 2.74. The zero-order valence-electron chi connectivity index (χ0n) is 10.5. The summed E-state index contributed by atoms with van der Waals surface area (Å²) in [4.78, 5) is 1.21. The number of hydrogen-bond acceptors (Lipinski definition) is 3. The maximum Gasteiger partial charge on any atom is 0.161 e. The van der Waals surface area contributed by atoms with Gasteiger partial charge in [0.25, 0.3) is 0 Å². The molecule has 1 N–H and O–H groups in total. The summed E-state index contributed by atoms with van der Waals surface area (Å²) in [5.41, 5.74) is 1.94. The van der Waals surface area contributed by atoms with Crippen LogP contribution in [-0.2, 0) is 6.42 Å². The third-order valence-corrected chi connectivity index (χ3v) is 3.60. The van der Waals surface area contributed by atoms with Crippen molar-refractivity contribution in [3.8, 4) is 11.5 Å². The molecule has 2 rings (SSSR count). The van der Waals surface area contributed by atoms with Gasteiger partial charge in [-0.25, -0.2) is 0 Å². The van der Waals surface area contributed by atoms with E-state index in [2.05, 4.69) is 17.5 Å². The molecule has 1 aromatic heterocycles. The molecule has 0 atom stereocenters. The summed E-state index contributed by atoms with van der Waals surface area (Å²) in [6.45, 7) is 2.02. The molecule has 94 valence electrons. The van der Waals surface area contributed by atoms with Crippen molar-refractivity contribution < 1.29 is 9.84 Å². The first-order chi connectivity index (χ1) is 8.74. The van der Waals surface area contributed by atoms with Crippen molar-refractivity contribution in [2.75, 3.05) is 7.11 Å². The smallest absolute Gasteiger partial charge is 0.161 e. The van der Waals surface area contributed by atoms with Crippen molar-refractivity contribution >= 4 is 23.5 Å². The fourth-order valence-electron chi connectivity index (χ4n) is 1.77. The van der Waals surface area contributed by atoms with Crippen LogP contribution < -0.4 is 4.74 Å². The Kier molecular flexibility index (Phi) is 4.05. The van der Waals surface area contributed by atoms with Crippen molar-refractivity contribution in [1.29, 1.82) is 0 Å². The molecule has 18 heavy (non-hydrogen) atoms. The van der Waals surface area contributed by atoms with Gasteiger partial charge in [-0.2, -0.15) is 0 Å². The highest BCUT2D eigenvalue weighted by molar-refractivity contribution is 7.10. The van der Waals surface area contributed by atoms with Gasteiger partial charge in [0, 0.05) is 4.88 Å². The lowest BCUT2D eigenvalue weighted by Gasteiger charge is -2.09. The molecular weight excluding hydrogens is 244 g/mol. The Morgan fingerprint density at radius 3 is 2.78 bits per heavy atom. The van der Waals surface area contributed by atoms with Crippen LogP contribution in [0.5, 0.6) is 11.5 Å². The molecule has 1 heterocycles. The Morgan fingerprint density at radius 1 is 1.33 bits per heavy atom. The van der Waals surface area contributed by atoms with Gasteiger partial charge >= 0.3 is 0 Å². The lowest BCUT2D eigenvalue weighted by atomic mass is 10.1. The molecule has 0 radical (unpaired) electrons. The zero-order valence-corrected chi connectivity index (χ0v) is 11.3. The van der Waals surface area contributed by atoms with Gasteiger partial charge in [0.15, 0.2) is 11.5 Å². The molecule has 1 aromatic carbocycles. The summed E-state index contributed by atoms with van der Waals surface area (Å²) in [6, 6.07) is 7.93. The van der Waals surface area contributed by atoms with E-state index >= 15 is 0 Å². The van der Waals surface area contributed by atoms with E-state index < -0.39 is 0 Å². The van der Waals surface area contributed by atoms with Crippen molar-refractivity contribution in [3.05, 3.63) is 45.6 Å². The highest BCUT2D eigenvalue weighted by atomic mass is 32.1. The first kappa shape index (κ1) is 12.7. The largest absolute Gasteiger partial charge is 0.504 e. The Bertz CT molecular complexity index is 517. The van der Waals surface area contributed by atoms with Gasteiger partial charge in [-0.05, 0) is 47.2 Å². The lowest BCUT2D eigenvalue weighted by molar-refractivity contribution is 0.371. The van der Waals surface area contributed by atoms with Crippen molar-refractivity contribution in [1.82, 2.24) is 0 Å². The SMILES string of the molecule is CCc1cc(/C=C/c2cccs2)cc(OC)c1O. The minimum atomic E-state index is 0.244. The summed E-state index contributed by atoms with van der Waals surface area (Å²) in [5.74, 6) is 0.772. The fraction of sp³-hybridized carbons (Fsp3) is 0.200. The van der Waals surface area contributed by atoms with Gasteiger partial charge in [-0.1, -0.05) is 19.1 Å². The third-order valence-electron chi connectivity index (χ3n) is 2.76. The minimum absolute atomic E-state index is 0.244. The van der Waals surface area contributed by atoms with Crippen LogP contribution in [0.25, 0.3) is 12.2 Å². The number of ether oxygens (including phenoxy) is 1. The van der Waals surface area contributed by atoms with Crippen LogP contribution in [0.4, 0.5) is 0 Å². The van der Waals surface area contributed by atoms with Crippen molar-refractivity contribution in [2.24, 2.45) is 0 Å². The Hall–Kier alpha value is -1.74. The summed E-state index contributed by atoms with van der Waals surface area (Å²) < 4.78 is 5.18. The van der Waals surface area contributed by atoms with Crippen LogP contribution >= 0.6 is 11.3 Å². The minimum Gasteiger partial charge on any atom is -0.504 e. The molecule has 0 fully saturated rings. The first-order valence-corrected chi connectivity index (χ1v) is 6.74. The molecule has 2 aromatic rings. The van der Waals surface area contributed by atoms with Gasteiger partial charge in [-0.3, -0.25) is 0 Å². The monoisotopic (exact) mass is 260 g/mol. The van der Waals surface area contributed by atoms with E-state index in [4.69, 9.17) is 4.74 Å². The maximum absolute atomic E-state index is 9.92. The number of phenols is 1. The molecule has 0 aliphatic heterocycles. The van der Waals surface area contributed by atoms with Crippen molar-refractivity contribution in [3.63, 3.8) is 0 Å². The average Bonchev–Trinajstić information content (AvgIpc) is 2.90. The molecule has 2 nitrogen and oxygen atoms in total. The summed E-state index contributed by atoms with van der Waals surface area (Å²) >= 11 is 1.70. The van der Waals surface area contributed by atoms with E-state index in [-0.39, 0.29) is 5.75 Å². The maximum atomic E-state index is 9.92. The van der Waals surface area contributed by atoms with E-state index in [1.54, 1.807) is 18.4 Å². The van der Waals surface area contributed by atoms with Crippen LogP contribution in [0.1, 0.15) is 22.9 Å². The van der Waals surface area contributed by atoms with Crippen LogP contribution in [0, 0.1) is 0 Å². The second-order valence-corrected chi connectivity index (χ2v) is 4.91. The number of rotatable bonds is 4. The lowest BCUT2D eigenvalue weighted by Crippen LogP contribution is -1.90. The molecule has 0 unspecified atom stereocenters. The zero-order chi connectivity index (χ0) is 13.0. The van der Waals surface area contributed by atoms with E-state index in [0.29, 0.717) is 5.75 Å². The molecule has 0 saturated carbocycles. The van der Waals surface area contributed by atoms with Crippen LogP contribution in [0.15, 0.2) is 29.6 Å². The molecular formula is C15H16O2S. The molecule has 0 saturated heterocycles. The van der Waals surface area contributed by atoms with E-state index in [0.717, 1.165) is 17.5 Å². The first-order valence-electron chi connectivity index (χ1n) is 5.86. The topological polar surface area (TPSA) is 29.5 Å². The van der Waals surface area contributed by atoms with E-state index in [1.807, 2.05) is 31.2 Å². The van der Waals surface area contributed by atoms with Crippen LogP contribution in [0.3, 0.4) is 0 Å². The number of benzene rings is 1. The number of phenolic OH excluding ortho intramolecular Hbond substituents is 1. The predicted molar refractivity (Wildman–Crippen MR) is 77.3 cm³/mol. The normalized spacial score (nSPS) is 11.0. The summed E-state index contributed by atoms with van der Waals surface area (Å²) in [7, 11) is 1.57. The van der Waals surface area contributed by atoms with E-state index in [1.165, 1.54) is 4.88 Å². The number of methoxy groups -OCH3 is 1. The molecule has 0 amide bonds. The Morgan fingerprint density at radius 2 is 2.17 bits per heavy atom. The second-order valence-electron chi connectivity index (χ2n) is 3.93. The molecule has 0 aliphatic rings. The number of aromatic hydroxyl groups is 1. The highest BCUT2D eigenvalue weighted by Gasteiger charge is 2.07. The van der Waals surface area contributed by atoms with Gasteiger partial charge in [0.2, 0.25) is 0 Å². The standard InChI is InChI=1S/C15H16O2S/c1-3-12-9-11(10-14(17-2)15(12)16)6-7-13-5-4-8-18-13/h4-10,16H,3H2,1-2H3/b7-6+. The molecule has 0 bridgehead atoms. The molecule has 0 spiro atoms. The summed E-state index contributed by atoms with van der Waals surface area (Å²) in [5, 5.41) is 12.0. The van der Waals surface area contributed by atoms with Gasteiger partial charge in [-0.15, -0.1) is 11.3 Å². The van der Waals surface area contributed by atoms with Gasteiger partial charge in [0.05, 0.1) is 7.11 Å². The van der Waals surface area contributed by atoms with Gasteiger partial charge in [0.1, 0.15) is 0 Å². The molecule has 0 aliphatic carbocycles. The van der Waals surface area contributed by atoms with E-state index in [9.17, 15) is 5.11 Å². The number of thiophene rings is 1. The fourth-order valence-corrected chi connectivity index (χ4v) is 2.39. The van der Waals surface area contributed by atoms with Gasteiger partial charge < -0.3 is 9.84 Å². The highest BCUT2D eigenvalue weighted by Crippen LogP contribution is 2.32. The Balaban J connectivity index is 2.33. The summed E-state index contributed by atoms with van der Waals surface area (Å²) in [6.07, 6.45) is 4.88. The predicted octanol–water partition coefficient (Wildman–Crippen LogP) is 4.20. The number of aryl methyl sites for hydroxylation is 1. The van der Waals surface area contributed by atoms with Crippen molar-refractivity contribution in [2.45, 2.75) is 13.3 Å². The molecule has 3 heteroatoms.